The van der Waals surface area contributed by atoms with Crippen LogP contribution >= 0.6 is 0 Å². The predicted molar refractivity (Wildman–Crippen MR) is 117 cm³/mol. The van der Waals surface area contributed by atoms with Gasteiger partial charge in [-0.3, -0.25) is 23.9 Å². The molecule has 4 atom stereocenters. The Morgan fingerprint density at radius 2 is 1.97 bits per heavy atom. The van der Waals surface area contributed by atoms with Crippen LogP contribution in [0.25, 0.3) is 0 Å². The Morgan fingerprint density at radius 3 is 2.49 bits per heavy atom. The third-order valence-corrected chi connectivity index (χ3v) is 7.25. The highest BCUT2D eigenvalue weighted by atomic mass is 19.4. The average Bonchev–Trinajstić information content (AvgIpc) is 3.34. The Balaban J connectivity index is 1.75. The first-order valence-electron chi connectivity index (χ1n) is 12.1. The van der Waals surface area contributed by atoms with Gasteiger partial charge in [-0.2, -0.15) is 0 Å². The zero-order chi connectivity index (χ0) is 26.0. The second kappa shape index (κ2) is 10.8. The predicted octanol–water partition coefficient (Wildman–Crippen LogP) is 1.28. The Bertz CT molecular complexity index is 830. The van der Waals surface area contributed by atoms with Gasteiger partial charge in [-0.1, -0.05) is 20.3 Å². The van der Waals surface area contributed by atoms with Crippen LogP contribution < -0.4 is 10.6 Å². The Kier molecular flexibility index (Phi) is 8.46. The van der Waals surface area contributed by atoms with Crippen LogP contribution in [0, 0.1) is 17.3 Å². The van der Waals surface area contributed by atoms with Crippen molar-refractivity contribution in [2.75, 3.05) is 19.7 Å². The van der Waals surface area contributed by atoms with E-state index in [9.17, 15) is 37.5 Å². The number of likely N-dealkylation sites (tertiary alicyclic amines) is 1. The summed E-state index contributed by atoms with van der Waals surface area (Å²) in [6.45, 7) is 3.10. The fraction of sp³-hybridized carbons (Fsp3) is 0.826. The molecule has 3 fully saturated rings. The van der Waals surface area contributed by atoms with E-state index in [0.717, 1.165) is 19.3 Å². The van der Waals surface area contributed by atoms with Crippen molar-refractivity contribution in [2.45, 2.75) is 83.3 Å². The molecule has 0 bridgehead atoms. The fourth-order valence-corrected chi connectivity index (χ4v) is 5.25. The number of ketones is 1. The molecule has 1 saturated carbocycles. The number of amides is 3. The zero-order valence-corrected chi connectivity index (χ0v) is 20.0. The highest BCUT2D eigenvalue weighted by Crippen LogP contribution is 2.50. The minimum absolute atomic E-state index is 0.0506. The number of alkyl halides is 3. The largest absolute Gasteiger partial charge is 0.522 e. The highest BCUT2D eigenvalue weighted by Gasteiger charge is 2.52. The van der Waals surface area contributed by atoms with Crippen molar-refractivity contribution in [1.29, 1.82) is 0 Å². The van der Waals surface area contributed by atoms with Crippen molar-refractivity contribution >= 4 is 23.5 Å². The molecular weight excluding hydrogens is 471 g/mol. The van der Waals surface area contributed by atoms with Gasteiger partial charge in [-0.15, -0.1) is 13.2 Å². The van der Waals surface area contributed by atoms with Crippen molar-refractivity contribution in [3.05, 3.63) is 0 Å². The number of carbonyl (C=O) groups excluding carboxylic acids is 4. The topological polar surface area (TPSA) is 125 Å². The Hall–Kier alpha value is -2.21. The van der Waals surface area contributed by atoms with Gasteiger partial charge in [-0.25, -0.2) is 0 Å². The number of nitrogens with zero attached hydrogens (tertiary/aromatic N) is 1. The summed E-state index contributed by atoms with van der Waals surface area (Å²) in [4.78, 5) is 52.2. The first kappa shape index (κ1) is 27.4. The van der Waals surface area contributed by atoms with E-state index >= 15 is 0 Å². The van der Waals surface area contributed by atoms with Gasteiger partial charge in [0.25, 0.3) is 5.91 Å². The molecule has 3 rings (SSSR count). The quantitative estimate of drug-likeness (QED) is 0.411. The lowest BCUT2D eigenvalue weighted by Gasteiger charge is -2.38. The molecule has 2 saturated heterocycles. The van der Waals surface area contributed by atoms with Gasteiger partial charge in [0.2, 0.25) is 11.8 Å². The van der Waals surface area contributed by atoms with Gasteiger partial charge in [-0.05, 0) is 49.9 Å². The van der Waals surface area contributed by atoms with Crippen molar-refractivity contribution in [2.24, 2.45) is 17.3 Å². The molecule has 0 aromatic carbocycles. The molecule has 35 heavy (non-hydrogen) atoms. The van der Waals surface area contributed by atoms with Crippen molar-refractivity contribution in [1.82, 2.24) is 15.5 Å². The molecule has 3 aliphatic rings. The molecule has 0 radical (unpaired) electrons. The summed E-state index contributed by atoms with van der Waals surface area (Å²) in [7, 11) is 0. The number of hydrogen-bond acceptors (Lipinski definition) is 6. The lowest BCUT2D eigenvalue weighted by Crippen LogP contribution is -2.53. The molecule has 2 heterocycles. The normalized spacial score (nSPS) is 25.3. The summed E-state index contributed by atoms with van der Waals surface area (Å²) in [5.74, 6) is -3.18. The van der Waals surface area contributed by atoms with E-state index < -0.39 is 54.7 Å². The van der Waals surface area contributed by atoms with Crippen LogP contribution in [0.5, 0.6) is 0 Å². The third kappa shape index (κ3) is 6.93. The van der Waals surface area contributed by atoms with Crippen LogP contribution in [-0.2, 0) is 23.9 Å². The van der Waals surface area contributed by atoms with Crippen molar-refractivity contribution in [3.63, 3.8) is 0 Å². The molecule has 1 spiro atoms. The molecule has 0 aromatic heterocycles. The van der Waals surface area contributed by atoms with Crippen LogP contribution in [0.1, 0.15) is 58.8 Å². The van der Waals surface area contributed by atoms with Gasteiger partial charge in [0.1, 0.15) is 18.8 Å². The molecule has 1 unspecified atom stereocenters. The second-order valence-corrected chi connectivity index (χ2v) is 10.5. The minimum Gasteiger partial charge on any atom is -0.383 e. The Morgan fingerprint density at radius 1 is 1.29 bits per heavy atom. The van der Waals surface area contributed by atoms with Gasteiger partial charge in [0, 0.05) is 19.0 Å². The summed E-state index contributed by atoms with van der Waals surface area (Å²) < 4.78 is 41.2. The molecule has 1 aliphatic carbocycles. The standard InChI is InChI=1S/C23H34F3N3O6/c1-13(2)8-17(30)21(34)29-12-22(5-3-6-22)10-16(29)20(33)28-15(9-14-4-7-27-19(14)32)18(31)11-35-23(24,25)26/h13-17,30H,3-12H2,1-2H3,(H,27,32)(H,28,33)/t14-,15-,16?,17+/m0/s1. The van der Waals surface area contributed by atoms with Crippen LogP contribution in [0.3, 0.4) is 0 Å². The summed E-state index contributed by atoms with van der Waals surface area (Å²) >= 11 is 0. The van der Waals surface area contributed by atoms with E-state index in [1.807, 2.05) is 13.8 Å². The summed E-state index contributed by atoms with van der Waals surface area (Å²) in [6, 6.07) is -2.34. The maximum atomic E-state index is 13.3. The van der Waals surface area contributed by atoms with Crippen LogP contribution in [0.15, 0.2) is 0 Å². The zero-order valence-electron chi connectivity index (χ0n) is 20.0. The highest BCUT2D eigenvalue weighted by molar-refractivity contribution is 5.94. The van der Waals surface area contributed by atoms with Crippen LogP contribution in [0.4, 0.5) is 13.2 Å². The monoisotopic (exact) mass is 505 g/mol. The summed E-state index contributed by atoms with van der Waals surface area (Å²) in [5, 5.41) is 15.5. The van der Waals surface area contributed by atoms with E-state index in [1.165, 1.54) is 4.90 Å². The van der Waals surface area contributed by atoms with Gasteiger partial charge in [0.15, 0.2) is 5.78 Å². The van der Waals surface area contributed by atoms with E-state index in [1.54, 1.807) is 0 Å². The Labute approximate surface area is 202 Å². The third-order valence-electron chi connectivity index (χ3n) is 7.25. The van der Waals surface area contributed by atoms with Crippen LogP contribution in [-0.4, -0.2) is 77.8 Å². The first-order chi connectivity index (χ1) is 16.3. The van der Waals surface area contributed by atoms with E-state index in [2.05, 4.69) is 15.4 Å². The molecule has 3 amide bonds. The number of hydrogen-bond donors (Lipinski definition) is 3. The summed E-state index contributed by atoms with van der Waals surface area (Å²) in [6.07, 6.45) is -2.90. The molecule has 198 valence electrons. The fourth-order valence-electron chi connectivity index (χ4n) is 5.25. The number of ether oxygens (including phenoxy) is 1. The molecule has 0 aromatic rings. The van der Waals surface area contributed by atoms with E-state index in [-0.39, 0.29) is 30.1 Å². The molecule has 3 N–H and O–H groups in total. The van der Waals surface area contributed by atoms with E-state index in [4.69, 9.17) is 0 Å². The number of aliphatic hydroxyl groups excluding tert-OH is 1. The SMILES string of the molecule is CC(C)C[C@@H](O)C(=O)N1CC2(CCC2)CC1C(=O)N[C@@H](C[C@@H]1CCNC1=O)C(=O)COC(F)(F)F. The van der Waals surface area contributed by atoms with Crippen molar-refractivity contribution in [3.8, 4) is 0 Å². The number of rotatable bonds is 10. The second-order valence-electron chi connectivity index (χ2n) is 10.5. The molecule has 12 heteroatoms. The van der Waals surface area contributed by atoms with Crippen LogP contribution in [0.2, 0.25) is 0 Å². The first-order valence-corrected chi connectivity index (χ1v) is 12.1. The number of halogens is 3. The van der Waals surface area contributed by atoms with Gasteiger partial charge in [0.05, 0.1) is 6.04 Å². The molecular formula is C23H34F3N3O6. The van der Waals surface area contributed by atoms with Gasteiger partial charge >= 0.3 is 6.36 Å². The minimum atomic E-state index is -5.02. The van der Waals surface area contributed by atoms with Crippen molar-refractivity contribution < 1.29 is 42.2 Å². The number of Topliss-reactive ketones (excluding diaryl/α,β-unsaturated/α-hetero) is 1. The lowest BCUT2D eigenvalue weighted by molar-refractivity contribution is -0.321. The number of carbonyl (C=O) groups is 4. The van der Waals surface area contributed by atoms with E-state index in [0.29, 0.717) is 25.9 Å². The number of aliphatic hydroxyl groups is 1. The maximum absolute atomic E-state index is 13.3. The maximum Gasteiger partial charge on any atom is 0.522 e. The molecule has 2 aliphatic heterocycles. The lowest BCUT2D eigenvalue weighted by atomic mass is 9.67. The smallest absolute Gasteiger partial charge is 0.383 e. The summed E-state index contributed by atoms with van der Waals surface area (Å²) in [5.41, 5.74) is -0.237. The van der Waals surface area contributed by atoms with Gasteiger partial charge < -0.3 is 20.6 Å². The number of nitrogens with one attached hydrogen (secondary N) is 2. The molecule has 9 nitrogen and oxygen atoms in total. The average molecular weight is 506 g/mol.